The quantitative estimate of drug-likeness (QED) is 0.751. The van der Waals surface area contributed by atoms with E-state index in [2.05, 4.69) is 15.4 Å². The minimum absolute atomic E-state index is 0.0321. The van der Waals surface area contributed by atoms with Crippen molar-refractivity contribution < 1.29 is 22.7 Å². The van der Waals surface area contributed by atoms with Crippen molar-refractivity contribution in [3.8, 4) is 5.75 Å². The Kier molecular flexibility index (Phi) is 4.77. The number of rotatable bonds is 4. The molecular formula is C18H17F3N4O2. The van der Waals surface area contributed by atoms with Gasteiger partial charge in [-0.25, -0.2) is 9.67 Å². The fraction of sp³-hybridized carbons (Fsp3) is 0.278. The number of halogens is 3. The molecule has 9 heteroatoms. The lowest BCUT2D eigenvalue weighted by Gasteiger charge is -2.10. The zero-order chi connectivity index (χ0) is 19.8. The summed E-state index contributed by atoms with van der Waals surface area (Å²) in [7, 11) is 1.53. The zero-order valence-electron chi connectivity index (χ0n) is 14.9. The number of ether oxygens (including phenoxy) is 1. The third-order valence-corrected chi connectivity index (χ3v) is 3.98. The molecule has 1 N–H and O–H groups in total. The first-order chi connectivity index (χ1) is 12.7. The number of pyridine rings is 1. The van der Waals surface area contributed by atoms with Gasteiger partial charge in [0, 0.05) is 11.4 Å². The standard InChI is InChI=1S/C18H17F3N4O2/c1-10-8-14(18(19,20)21)16-11(2)24-25(17(16)22-10)9-15(26)23-12-4-6-13(27-3)7-5-12/h4-8H,9H2,1-3H3,(H,23,26). The van der Waals surface area contributed by atoms with Crippen molar-refractivity contribution in [3.05, 3.63) is 47.3 Å². The van der Waals surface area contributed by atoms with Gasteiger partial charge in [0.15, 0.2) is 5.65 Å². The van der Waals surface area contributed by atoms with E-state index >= 15 is 0 Å². The van der Waals surface area contributed by atoms with E-state index in [1.165, 1.54) is 25.6 Å². The summed E-state index contributed by atoms with van der Waals surface area (Å²) in [5.41, 5.74) is 0.136. The molecule has 0 saturated carbocycles. The van der Waals surface area contributed by atoms with Gasteiger partial charge in [-0.05, 0) is 44.2 Å². The van der Waals surface area contributed by atoms with Crippen molar-refractivity contribution in [1.29, 1.82) is 0 Å². The average Bonchev–Trinajstić information content (AvgIpc) is 2.89. The molecule has 0 spiro atoms. The van der Waals surface area contributed by atoms with Crippen LogP contribution < -0.4 is 10.1 Å². The summed E-state index contributed by atoms with van der Waals surface area (Å²) < 4.78 is 46.3. The van der Waals surface area contributed by atoms with Crippen LogP contribution >= 0.6 is 0 Å². The number of carbonyl (C=O) groups excluding carboxylic acids is 1. The molecule has 27 heavy (non-hydrogen) atoms. The molecule has 3 rings (SSSR count). The number of hydrogen-bond donors (Lipinski definition) is 1. The van der Waals surface area contributed by atoms with Crippen molar-refractivity contribution in [2.45, 2.75) is 26.6 Å². The van der Waals surface area contributed by atoms with Gasteiger partial charge in [0.2, 0.25) is 5.91 Å². The molecule has 0 aliphatic carbocycles. The van der Waals surface area contributed by atoms with Crippen LogP contribution in [0.3, 0.4) is 0 Å². The van der Waals surface area contributed by atoms with Gasteiger partial charge in [-0.2, -0.15) is 18.3 Å². The van der Waals surface area contributed by atoms with Crippen molar-refractivity contribution in [2.75, 3.05) is 12.4 Å². The third-order valence-electron chi connectivity index (χ3n) is 3.98. The molecule has 0 unspecified atom stereocenters. The Bertz CT molecular complexity index is 994. The van der Waals surface area contributed by atoms with E-state index in [4.69, 9.17) is 4.74 Å². The van der Waals surface area contributed by atoms with E-state index in [9.17, 15) is 18.0 Å². The van der Waals surface area contributed by atoms with E-state index in [1.807, 2.05) is 0 Å². The molecule has 0 saturated heterocycles. The van der Waals surface area contributed by atoms with Crippen LogP contribution in [0.1, 0.15) is 17.0 Å². The van der Waals surface area contributed by atoms with Crippen molar-refractivity contribution >= 4 is 22.6 Å². The van der Waals surface area contributed by atoms with Crippen LogP contribution in [0.4, 0.5) is 18.9 Å². The van der Waals surface area contributed by atoms with Gasteiger partial charge in [0.25, 0.3) is 0 Å². The minimum Gasteiger partial charge on any atom is -0.497 e. The Morgan fingerprint density at radius 1 is 1.22 bits per heavy atom. The van der Waals surface area contributed by atoms with Gasteiger partial charge in [-0.1, -0.05) is 0 Å². The van der Waals surface area contributed by atoms with Gasteiger partial charge in [0.1, 0.15) is 12.3 Å². The van der Waals surface area contributed by atoms with E-state index < -0.39 is 17.6 Å². The number of fused-ring (bicyclic) bond motifs is 1. The fourth-order valence-corrected chi connectivity index (χ4v) is 2.82. The Morgan fingerprint density at radius 2 is 1.89 bits per heavy atom. The number of aryl methyl sites for hydroxylation is 2. The number of nitrogens with one attached hydrogen (secondary N) is 1. The van der Waals surface area contributed by atoms with Gasteiger partial charge < -0.3 is 10.1 Å². The van der Waals surface area contributed by atoms with E-state index in [0.29, 0.717) is 11.4 Å². The van der Waals surface area contributed by atoms with Gasteiger partial charge in [0.05, 0.1) is 23.8 Å². The maximum atomic E-state index is 13.3. The topological polar surface area (TPSA) is 69.0 Å². The number of methoxy groups -OCH3 is 1. The smallest absolute Gasteiger partial charge is 0.417 e. The first-order valence-corrected chi connectivity index (χ1v) is 8.05. The summed E-state index contributed by atoms with van der Waals surface area (Å²) in [6.07, 6.45) is -4.53. The van der Waals surface area contributed by atoms with E-state index in [1.54, 1.807) is 24.3 Å². The first kappa shape index (κ1) is 18.7. The van der Waals surface area contributed by atoms with Crippen LogP contribution in [0.5, 0.6) is 5.75 Å². The molecule has 142 valence electrons. The predicted molar refractivity (Wildman–Crippen MR) is 93.6 cm³/mol. The first-order valence-electron chi connectivity index (χ1n) is 8.05. The van der Waals surface area contributed by atoms with Crippen LogP contribution in [0.2, 0.25) is 0 Å². The molecule has 0 aliphatic heterocycles. The minimum atomic E-state index is -4.53. The van der Waals surface area contributed by atoms with Crippen molar-refractivity contribution in [2.24, 2.45) is 0 Å². The molecule has 0 radical (unpaired) electrons. The fourth-order valence-electron chi connectivity index (χ4n) is 2.82. The van der Waals surface area contributed by atoms with Crippen molar-refractivity contribution in [1.82, 2.24) is 14.8 Å². The lowest BCUT2D eigenvalue weighted by Crippen LogP contribution is -2.20. The van der Waals surface area contributed by atoms with Gasteiger partial charge in [-0.15, -0.1) is 0 Å². The van der Waals surface area contributed by atoms with E-state index in [0.717, 1.165) is 6.07 Å². The highest BCUT2D eigenvalue weighted by molar-refractivity contribution is 5.92. The molecule has 1 amide bonds. The molecule has 6 nitrogen and oxygen atoms in total. The Labute approximate surface area is 153 Å². The lowest BCUT2D eigenvalue weighted by molar-refractivity contribution is -0.136. The molecule has 2 aromatic heterocycles. The molecule has 0 atom stereocenters. The summed E-state index contributed by atoms with van der Waals surface area (Å²) >= 11 is 0. The monoisotopic (exact) mass is 378 g/mol. The summed E-state index contributed by atoms with van der Waals surface area (Å²) in [5, 5.41) is 6.66. The number of alkyl halides is 3. The van der Waals surface area contributed by atoms with E-state index in [-0.39, 0.29) is 29.0 Å². The van der Waals surface area contributed by atoms with Gasteiger partial charge >= 0.3 is 6.18 Å². The molecule has 2 heterocycles. The SMILES string of the molecule is COc1ccc(NC(=O)Cn2nc(C)c3c(C(F)(F)F)cc(C)nc32)cc1. The number of aromatic nitrogens is 3. The lowest BCUT2D eigenvalue weighted by atomic mass is 10.1. The zero-order valence-corrected chi connectivity index (χ0v) is 14.9. The number of anilines is 1. The average molecular weight is 378 g/mol. The summed E-state index contributed by atoms with van der Waals surface area (Å²) in [5.74, 6) is 0.211. The van der Waals surface area contributed by atoms with Crippen molar-refractivity contribution in [3.63, 3.8) is 0 Å². The summed E-state index contributed by atoms with van der Waals surface area (Å²) in [4.78, 5) is 16.5. The normalized spacial score (nSPS) is 11.6. The van der Waals surface area contributed by atoms with Crippen LogP contribution in [-0.2, 0) is 17.5 Å². The molecule has 3 aromatic rings. The Balaban J connectivity index is 1.90. The van der Waals surface area contributed by atoms with Crippen LogP contribution in [0.15, 0.2) is 30.3 Å². The molecule has 1 aromatic carbocycles. The van der Waals surface area contributed by atoms with Crippen LogP contribution in [0.25, 0.3) is 11.0 Å². The second kappa shape index (κ2) is 6.90. The highest BCUT2D eigenvalue weighted by Crippen LogP contribution is 2.36. The number of hydrogen-bond acceptors (Lipinski definition) is 4. The van der Waals surface area contributed by atoms with Crippen LogP contribution in [-0.4, -0.2) is 27.8 Å². The largest absolute Gasteiger partial charge is 0.497 e. The predicted octanol–water partition coefficient (Wildman–Crippen LogP) is 3.71. The molecule has 0 fully saturated rings. The third kappa shape index (κ3) is 3.86. The Hall–Kier alpha value is -3.10. The number of benzene rings is 1. The maximum Gasteiger partial charge on any atom is 0.417 e. The molecular weight excluding hydrogens is 361 g/mol. The maximum absolute atomic E-state index is 13.3. The summed E-state index contributed by atoms with van der Waals surface area (Å²) in [6.45, 7) is 2.68. The summed E-state index contributed by atoms with van der Waals surface area (Å²) in [6, 6.07) is 7.67. The second-order valence-electron chi connectivity index (χ2n) is 6.03. The highest BCUT2D eigenvalue weighted by atomic mass is 19.4. The number of amides is 1. The molecule has 0 bridgehead atoms. The number of carbonyl (C=O) groups is 1. The highest BCUT2D eigenvalue weighted by Gasteiger charge is 2.35. The Morgan fingerprint density at radius 3 is 2.48 bits per heavy atom. The molecule has 0 aliphatic rings. The second-order valence-corrected chi connectivity index (χ2v) is 6.03. The van der Waals surface area contributed by atoms with Gasteiger partial charge in [-0.3, -0.25) is 4.79 Å². The number of nitrogens with zero attached hydrogens (tertiary/aromatic N) is 3. The van der Waals surface area contributed by atoms with Crippen LogP contribution in [0, 0.1) is 13.8 Å².